The molecule has 6 nitrogen and oxygen atoms in total. The van der Waals surface area contributed by atoms with E-state index in [2.05, 4.69) is 10.2 Å². The van der Waals surface area contributed by atoms with Crippen molar-refractivity contribution in [1.82, 2.24) is 9.80 Å². The van der Waals surface area contributed by atoms with Crippen LogP contribution in [0.15, 0.2) is 18.2 Å². The van der Waals surface area contributed by atoms with Gasteiger partial charge in [-0.05, 0) is 58.2 Å². The summed E-state index contributed by atoms with van der Waals surface area (Å²) in [4.78, 5) is 28.0. The third kappa shape index (κ3) is 7.97. The van der Waals surface area contributed by atoms with Gasteiger partial charge in [0.15, 0.2) is 11.6 Å². The van der Waals surface area contributed by atoms with Gasteiger partial charge in [0.1, 0.15) is 5.60 Å². The minimum Gasteiger partial charge on any atom is -0.444 e. The summed E-state index contributed by atoms with van der Waals surface area (Å²) in [7, 11) is 1.74. The first-order valence-corrected chi connectivity index (χ1v) is 9.95. The summed E-state index contributed by atoms with van der Waals surface area (Å²) < 4.78 is 31.6. The molecule has 0 spiro atoms. The number of carbonyl (C=O) groups is 2. The Hall–Kier alpha value is -2.22. The van der Waals surface area contributed by atoms with E-state index in [0.717, 1.165) is 38.1 Å². The van der Waals surface area contributed by atoms with Gasteiger partial charge >= 0.3 is 6.09 Å². The molecule has 0 aromatic heterocycles. The van der Waals surface area contributed by atoms with Gasteiger partial charge in [-0.25, -0.2) is 13.6 Å². The number of halogens is 2. The number of nitrogens with zero attached hydrogens (tertiary/aromatic N) is 2. The van der Waals surface area contributed by atoms with Crippen LogP contribution in [-0.2, 0) is 9.53 Å². The van der Waals surface area contributed by atoms with Crippen LogP contribution in [0.2, 0.25) is 0 Å². The van der Waals surface area contributed by atoms with Gasteiger partial charge in [0.25, 0.3) is 0 Å². The van der Waals surface area contributed by atoms with Crippen LogP contribution in [0.1, 0.15) is 40.0 Å². The lowest BCUT2D eigenvalue weighted by molar-refractivity contribution is -0.116. The zero-order valence-electron chi connectivity index (χ0n) is 17.6. The van der Waals surface area contributed by atoms with Gasteiger partial charge in [-0.3, -0.25) is 4.79 Å². The second kappa shape index (κ2) is 10.0. The molecule has 1 N–H and O–H groups in total. The molecule has 0 saturated carbocycles. The first-order valence-electron chi connectivity index (χ1n) is 9.95. The van der Waals surface area contributed by atoms with Crippen molar-refractivity contribution in [2.24, 2.45) is 5.92 Å². The number of anilines is 1. The van der Waals surface area contributed by atoms with Gasteiger partial charge in [0.2, 0.25) is 5.91 Å². The van der Waals surface area contributed by atoms with Crippen LogP contribution < -0.4 is 5.32 Å². The van der Waals surface area contributed by atoms with E-state index in [0.29, 0.717) is 19.0 Å². The monoisotopic (exact) mass is 411 g/mol. The van der Waals surface area contributed by atoms with Crippen molar-refractivity contribution in [3.05, 3.63) is 29.8 Å². The molecule has 0 radical (unpaired) electrons. The molecule has 1 saturated heterocycles. The molecule has 1 unspecified atom stereocenters. The molecule has 8 heteroatoms. The average molecular weight is 411 g/mol. The van der Waals surface area contributed by atoms with Crippen LogP contribution in [0.5, 0.6) is 0 Å². The zero-order valence-corrected chi connectivity index (χ0v) is 17.6. The molecule has 1 aromatic rings. The van der Waals surface area contributed by atoms with E-state index in [1.165, 1.54) is 6.07 Å². The third-order valence-electron chi connectivity index (χ3n) is 4.70. The van der Waals surface area contributed by atoms with Gasteiger partial charge in [0.05, 0.1) is 0 Å². The van der Waals surface area contributed by atoms with E-state index < -0.39 is 17.2 Å². The topological polar surface area (TPSA) is 61.9 Å². The fourth-order valence-electron chi connectivity index (χ4n) is 3.36. The number of carbonyl (C=O) groups excluding carboxylic acids is 2. The number of hydrogen-bond donors (Lipinski definition) is 1. The largest absolute Gasteiger partial charge is 0.444 e. The molecule has 0 bridgehead atoms. The predicted octanol–water partition coefficient (Wildman–Crippen LogP) is 3.87. The summed E-state index contributed by atoms with van der Waals surface area (Å²) in [6, 6.07) is 3.29. The van der Waals surface area contributed by atoms with Gasteiger partial charge in [-0.15, -0.1) is 0 Å². The van der Waals surface area contributed by atoms with E-state index in [4.69, 9.17) is 4.74 Å². The third-order valence-corrected chi connectivity index (χ3v) is 4.70. The smallest absolute Gasteiger partial charge is 0.410 e. The summed E-state index contributed by atoms with van der Waals surface area (Å²) in [5, 5.41) is 2.59. The Labute approximate surface area is 171 Å². The number of benzene rings is 1. The van der Waals surface area contributed by atoms with Crippen molar-refractivity contribution in [3.8, 4) is 0 Å². The molecule has 1 aliphatic heterocycles. The molecule has 0 aliphatic carbocycles. The number of likely N-dealkylation sites (tertiary alicyclic amines) is 1. The number of piperidine rings is 1. The van der Waals surface area contributed by atoms with Gasteiger partial charge < -0.3 is 19.9 Å². The quantitative estimate of drug-likeness (QED) is 0.772. The fraction of sp³-hybridized carbons (Fsp3) is 0.619. The van der Waals surface area contributed by atoms with E-state index in [1.807, 2.05) is 20.8 Å². The lowest BCUT2D eigenvalue weighted by Crippen LogP contribution is -2.43. The highest BCUT2D eigenvalue weighted by Gasteiger charge is 2.25. The second-order valence-electron chi connectivity index (χ2n) is 8.60. The summed E-state index contributed by atoms with van der Waals surface area (Å²) >= 11 is 0. The SMILES string of the molecule is CN(CC1CCCN(CCC(=O)Nc2ccc(F)c(F)c2)C1)C(=O)OC(C)(C)C. The highest BCUT2D eigenvalue weighted by atomic mass is 19.2. The Morgan fingerprint density at radius 3 is 2.66 bits per heavy atom. The molecule has 1 fully saturated rings. The van der Waals surface area contributed by atoms with E-state index >= 15 is 0 Å². The maximum atomic E-state index is 13.2. The Morgan fingerprint density at radius 2 is 2.00 bits per heavy atom. The molecular weight excluding hydrogens is 380 g/mol. The van der Waals surface area contributed by atoms with Crippen LogP contribution >= 0.6 is 0 Å². The van der Waals surface area contributed by atoms with Crippen molar-refractivity contribution >= 4 is 17.7 Å². The molecule has 29 heavy (non-hydrogen) atoms. The van der Waals surface area contributed by atoms with Gasteiger partial charge in [-0.1, -0.05) is 0 Å². The van der Waals surface area contributed by atoms with Crippen LogP contribution in [0.25, 0.3) is 0 Å². The van der Waals surface area contributed by atoms with E-state index in [1.54, 1.807) is 11.9 Å². The maximum Gasteiger partial charge on any atom is 0.410 e. The first kappa shape index (κ1) is 23.1. The number of ether oxygens (including phenoxy) is 1. The van der Waals surface area contributed by atoms with Crippen LogP contribution in [0, 0.1) is 17.6 Å². The molecule has 162 valence electrons. The summed E-state index contributed by atoms with van der Waals surface area (Å²) in [5.74, 6) is -1.87. The van der Waals surface area contributed by atoms with Crippen molar-refractivity contribution in [3.63, 3.8) is 0 Å². The van der Waals surface area contributed by atoms with Crippen molar-refractivity contribution in [1.29, 1.82) is 0 Å². The molecule has 1 aromatic carbocycles. The van der Waals surface area contributed by atoms with E-state index in [9.17, 15) is 18.4 Å². The Kier molecular flexibility index (Phi) is 7.96. The van der Waals surface area contributed by atoms with Crippen molar-refractivity contribution in [2.45, 2.75) is 45.6 Å². The average Bonchev–Trinajstić information content (AvgIpc) is 2.62. The lowest BCUT2D eigenvalue weighted by Gasteiger charge is -2.35. The maximum absolute atomic E-state index is 13.2. The number of amides is 2. The molecule has 2 amide bonds. The Balaban J connectivity index is 1.76. The number of hydrogen-bond acceptors (Lipinski definition) is 4. The fourth-order valence-corrected chi connectivity index (χ4v) is 3.36. The normalized spacial score (nSPS) is 17.7. The van der Waals surface area contributed by atoms with Crippen LogP contribution in [0.3, 0.4) is 0 Å². The second-order valence-corrected chi connectivity index (χ2v) is 8.60. The summed E-state index contributed by atoms with van der Waals surface area (Å²) in [5.41, 5.74) is -0.283. The number of nitrogens with one attached hydrogen (secondary N) is 1. The summed E-state index contributed by atoms with van der Waals surface area (Å²) in [6.07, 6.45) is 1.94. The molecular formula is C21H31F2N3O3. The highest BCUT2D eigenvalue weighted by molar-refractivity contribution is 5.90. The van der Waals surface area contributed by atoms with Gasteiger partial charge in [0, 0.05) is 44.9 Å². The highest BCUT2D eigenvalue weighted by Crippen LogP contribution is 2.19. The number of rotatable bonds is 6. The molecule has 1 aliphatic rings. The van der Waals surface area contributed by atoms with Crippen molar-refractivity contribution in [2.75, 3.05) is 38.5 Å². The minimum atomic E-state index is -0.990. The Morgan fingerprint density at radius 1 is 1.28 bits per heavy atom. The standard InChI is InChI=1S/C21H31F2N3O3/c1-21(2,3)29-20(28)25(4)13-15-6-5-10-26(14-15)11-9-19(27)24-16-7-8-17(22)18(23)12-16/h7-8,12,15H,5-6,9-11,13-14H2,1-4H3,(H,24,27). The van der Waals surface area contributed by atoms with E-state index in [-0.39, 0.29) is 24.1 Å². The van der Waals surface area contributed by atoms with Crippen LogP contribution in [-0.4, -0.2) is 60.6 Å². The predicted molar refractivity (Wildman–Crippen MR) is 108 cm³/mol. The zero-order chi connectivity index (χ0) is 21.6. The van der Waals surface area contributed by atoms with Crippen molar-refractivity contribution < 1.29 is 23.1 Å². The molecule has 2 rings (SSSR count). The minimum absolute atomic E-state index is 0.240. The molecule has 1 heterocycles. The summed E-state index contributed by atoms with van der Waals surface area (Å²) in [6.45, 7) is 8.39. The van der Waals surface area contributed by atoms with Crippen LogP contribution in [0.4, 0.5) is 19.3 Å². The lowest BCUT2D eigenvalue weighted by atomic mass is 9.97. The first-order chi connectivity index (χ1) is 13.5. The van der Waals surface area contributed by atoms with Gasteiger partial charge in [-0.2, -0.15) is 0 Å². The molecule has 1 atom stereocenters. The Bertz CT molecular complexity index is 722.